The maximum atomic E-state index is 11.1. The second kappa shape index (κ2) is 7.93. The van der Waals surface area contributed by atoms with E-state index in [1.54, 1.807) is 0 Å². The molecule has 0 bridgehead atoms. The van der Waals surface area contributed by atoms with E-state index in [-0.39, 0.29) is 18.7 Å². The zero-order valence-corrected chi connectivity index (χ0v) is 8.44. The minimum Gasteiger partial charge on any atom is -0.480 e. The normalized spacial score (nSPS) is 11.8. The van der Waals surface area contributed by atoms with Crippen molar-refractivity contribution in [2.24, 2.45) is 5.73 Å². The molecule has 6 nitrogen and oxygen atoms in total. The molecule has 15 heavy (non-hydrogen) atoms. The van der Waals surface area contributed by atoms with Crippen molar-refractivity contribution < 1.29 is 19.5 Å². The molecule has 0 aromatic carbocycles. The third kappa shape index (κ3) is 7.63. The van der Waals surface area contributed by atoms with Gasteiger partial charge in [0.2, 0.25) is 5.91 Å². The average Bonchev–Trinajstić information content (AvgIpc) is 2.20. The Morgan fingerprint density at radius 3 is 2.67 bits per heavy atom. The van der Waals surface area contributed by atoms with Crippen molar-refractivity contribution in [1.29, 1.82) is 0 Å². The van der Waals surface area contributed by atoms with Gasteiger partial charge < -0.3 is 21.0 Å². The molecule has 0 saturated carbocycles. The van der Waals surface area contributed by atoms with E-state index in [4.69, 9.17) is 10.8 Å². The van der Waals surface area contributed by atoms with Crippen LogP contribution in [0.4, 0.5) is 0 Å². The van der Waals surface area contributed by atoms with Crippen LogP contribution >= 0.6 is 0 Å². The number of hydrogen-bond acceptors (Lipinski definition) is 4. The average molecular weight is 216 g/mol. The smallest absolute Gasteiger partial charge is 0.320 e. The quantitative estimate of drug-likeness (QED) is 0.366. The molecule has 4 N–H and O–H groups in total. The van der Waals surface area contributed by atoms with E-state index in [0.29, 0.717) is 19.4 Å². The van der Waals surface area contributed by atoms with Crippen molar-refractivity contribution in [1.82, 2.24) is 5.32 Å². The van der Waals surface area contributed by atoms with Gasteiger partial charge >= 0.3 is 5.97 Å². The van der Waals surface area contributed by atoms with Crippen LogP contribution in [0.3, 0.4) is 0 Å². The van der Waals surface area contributed by atoms with Crippen LogP contribution in [0.15, 0.2) is 0 Å². The van der Waals surface area contributed by atoms with Gasteiger partial charge in [-0.15, -0.1) is 0 Å². The highest BCUT2D eigenvalue weighted by atomic mass is 16.4. The fraction of sp³-hybridized carbons (Fsp3) is 0.667. The van der Waals surface area contributed by atoms with Crippen LogP contribution in [0.5, 0.6) is 0 Å². The topological polar surface area (TPSA) is 109 Å². The molecule has 0 spiro atoms. The van der Waals surface area contributed by atoms with E-state index in [1.807, 2.05) is 0 Å². The van der Waals surface area contributed by atoms with Crippen molar-refractivity contribution in [3.8, 4) is 0 Å². The van der Waals surface area contributed by atoms with Crippen molar-refractivity contribution in [3.63, 3.8) is 0 Å². The van der Waals surface area contributed by atoms with Crippen molar-refractivity contribution >= 4 is 18.2 Å². The van der Waals surface area contributed by atoms with Crippen LogP contribution in [0, 0.1) is 0 Å². The molecule has 6 heteroatoms. The summed E-state index contributed by atoms with van der Waals surface area (Å²) in [5.74, 6) is -1.35. The molecular weight excluding hydrogens is 200 g/mol. The molecule has 1 atom stereocenters. The molecule has 86 valence electrons. The third-order valence-electron chi connectivity index (χ3n) is 1.82. The van der Waals surface area contributed by atoms with Crippen LogP contribution in [-0.2, 0) is 14.4 Å². The lowest BCUT2D eigenvalue weighted by molar-refractivity contribution is -0.138. The van der Waals surface area contributed by atoms with Gasteiger partial charge in [-0.3, -0.25) is 9.59 Å². The third-order valence-corrected chi connectivity index (χ3v) is 1.82. The number of aldehydes is 1. The first-order valence-electron chi connectivity index (χ1n) is 4.76. The van der Waals surface area contributed by atoms with E-state index in [2.05, 4.69) is 5.32 Å². The lowest BCUT2D eigenvalue weighted by Gasteiger charge is -2.06. The predicted molar refractivity (Wildman–Crippen MR) is 53.2 cm³/mol. The minimum absolute atomic E-state index is 0.0918. The molecule has 0 saturated heterocycles. The van der Waals surface area contributed by atoms with E-state index in [1.165, 1.54) is 0 Å². The van der Waals surface area contributed by atoms with Gasteiger partial charge in [0.15, 0.2) is 0 Å². The van der Waals surface area contributed by atoms with Gasteiger partial charge in [-0.1, -0.05) is 0 Å². The Balaban J connectivity index is 3.49. The van der Waals surface area contributed by atoms with Crippen LogP contribution in [0.1, 0.15) is 25.7 Å². The molecule has 1 amide bonds. The van der Waals surface area contributed by atoms with Gasteiger partial charge in [0.25, 0.3) is 0 Å². The molecular formula is C9H16N2O4. The summed E-state index contributed by atoms with van der Waals surface area (Å²) in [6.07, 6.45) is 2.01. The summed E-state index contributed by atoms with van der Waals surface area (Å²) in [5.41, 5.74) is 5.22. The minimum atomic E-state index is -1.11. The molecule has 0 aliphatic carbocycles. The Bertz CT molecular complexity index is 230. The molecule has 0 rings (SSSR count). The summed E-state index contributed by atoms with van der Waals surface area (Å²) in [5, 5.41) is 11.0. The number of carboxylic acid groups (broad SMARTS) is 1. The number of rotatable bonds is 8. The first kappa shape index (κ1) is 13.6. The van der Waals surface area contributed by atoms with Gasteiger partial charge in [-0.25, -0.2) is 0 Å². The van der Waals surface area contributed by atoms with Crippen molar-refractivity contribution in [2.45, 2.75) is 31.7 Å². The number of nitrogens with two attached hydrogens (primary N) is 1. The Hall–Kier alpha value is -1.43. The molecule has 0 aromatic heterocycles. The lowest BCUT2D eigenvalue weighted by atomic mass is 10.1. The SMILES string of the molecule is N[C@@H](CCC(=O)NCCCC=O)C(=O)O. The number of hydrogen-bond donors (Lipinski definition) is 3. The number of unbranched alkanes of at least 4 members (excludes halogenated alkanes) is 1. The number of nitrogens with one attached hydrogen (secondary N) is 1. The summed E-state index contributed by atoms with van der Waals surface area (Å²) in [4.78, 5) is 31.3. The fourth-order valence-corrected chi connectivity index (χ4v) is 0.912. The Morgan fingerprint density at radius 2 is 2.13 bits per heavy atom. The van der Waals surface area contributed by atoms with Crippen LogP contribution in [-0.4, -0.2) is 35.9 Å². The fourth-order valence-electron chi connectivity index (χ4n) is 0.912. The maximum absolute atomic E-state index is 11.1. The van der Waals surface area contributed by atoms with Crippen LogP contribution < -0.4 is 11.1 Å². The molecule has 0 aromatic rings. The first-order chi connectivity index (χ1) is 7.07. The highest BCUT2D eigenvalue weighted by Crippen LogP contribution is 1.94. The van der Waals surface area contributed by atoms with Gasteiger partial charge in [0.1, 0.15) is 12.3 Å². The molecule has 0 aliphatic rings. The Kier molecular flexibility index (Phi) is 7.17. The first-order valence-corrected chi connectivity index (χ1v) is 4.76. The number of carbonyl (C=O) groups is 3. The van der Waals surface area contributed by atoms with E-state index >= 15 is 0 Å². The van der Waals surface area contributed by atoms with Gasteiger partial charge in [-0.2, -0.15) is 0 Å². The van der Waals surface area contributed by atoms with Crippen molar-refractivity contribution in [3.05, 3.63) is 0 Å². The summed E-state index contributed by atoms with van der Waals surface area (Å²) in [6, 6.07) is -0.995. The Labute approximate surface area is 87.8 Å². The van der Waals surface area contributed by atoms with E-state index in [9.17, 15) is 14.4 Å². The summed E-state index contributed by atoms with van der Waals surface area (Å²) >= 11 is 0. The standard InChI is InChI=1S/C9H16N2O4/c10-7(9(14)15)3-4-8(13)11-5-1-2-6-12/h6-7H,1-5,10H2,(H,11,13)(H,14,15)/t7-/m0/s1. The monoisotopic (exact) mass is 216 g/mol. The molecule has 0 fully saturated rings. The number of carbonyl (C=O) groups excluding carboxylic acids is 2. The summed E-state index contributed by atoms with van der Waals surface area (Å²) in [7, 11) is 0. The van der Waals surface area contributed by atoms with Gasteiger partial charge in [0.05, 0.1) is 0 Å². The van der Waals surface area contributed by atoms with Crippen LogP contribution in [0.25, 0.3) is 0 Å². The Morgan fingerprint density at radius 1 is 1.47 bits per heavy atom. The number of carboxylic acids is 1. The van der Waals surface area contributed by atoms with Crippen molar-refractivity contribution in [2.75, 3.05) is 6.54 Å². The van der Waals surface area contributed by atoms with E-state index < -0.39 is 12.0 Å². The zero-order valence-electron chi connectivity index (χ0n) is 8.44. The highest BCUT2D eigenvalue weighted by Gasteiger charge is 2.12. The van der Waals surface area contributed by atoms with E-state index in [0.717, 1.165) is 6.29 Å². The molecule has 0 aliphatic heterocycles. The zero-order chi connectivity index (χ0) is 11.7. The molecule has 0 radical (unpaired) electrons. The van der Waals surface area contributed by atoms with Crippen LogP contribution in [0.2, 0.25) is 0 Å². The largest absolute Gasteiger partial charge is 0.480 e. The summed E-state index contributed by atoms with van der Waals surface area (Å²) < 4.78 is 0. The predicted octanol–water partition coefficient (Wildman–Crippen LogP) is -0.726. The van der Waals surface area contributed by atoms with Gasteiger partial charge in [-0.05, 0) is 12.8 Å². The second-order valence-corrected chi connectivity index (χ2v) is 3.14. The van der Waals surface area contributed by atoms with Gasteiger partial charge in [0, 0.05) is 19.4 Å². The second-order valence-electron chi connectivity index (χ2n) is 3.14. The summed E-state index contributed by atoms with van der Waals surface area (Å²) in [6.45, 7) is 0.430. The highest BCUT2D eigenvalue weighted by molar-refractivity contribution is 5.78. The lowest BCUT2D eigenvalue weighted by Crippen LogP contribution is -2.32. The number of aliphatic carboxylic acids is 1. The molecule has 0 heterocycles. The number of amides is 1. The molecule has 0 unspecified atom stereocenters. The maximum Gasteiger partial charge on any atom is 0.320 e.